The number of aromatic nitrogens is 4. The van der Waals surface area contributed by atoms with Gasteiger partial charge < -0.3 is 0 Å². The summed E-state index contributed by atoms with van der Waals surface area (Å²) in [6.07, 6.45) is 1.73. The fourth-order valence-corrected chi connectivity index (χ4v) is 5.76. The fourth-order valence-electron chi connectivity index (χ4n) is 3.66. The predicted molar refractivity (Wildman–Crippen MR) is 135 cm³/mol. The van der Waals surface area contributed by atoms with Gasteiger partial charge in [-0.3, -0.25) is 18.6 Å². The number of halogens is 1. The Hall–Kier alpha value is -2.94. The summed E-state index contributed by atoms with van der Waals surface area (Å²) >= 11 is 8.96. The fraction of sp³-hybridized carbons (Fsp3) is 0.167. The summed E-state index contributed by atoms with van der Waals surface area (Å²) < 4.78 is 3.13. The number of hydrogen-bond acceptors (Lipinski definition) is 6. The van der Waals surface area contributed by atoms with Crippen LogP contribution in [0.5, 0.6) is 0 Å². The molecule has 166 valence electrons. The molecule has 4 aromatic heterocycles. The standard InChI is InChI=1S/C24H19ClN4O2S2/c1-13-8-9-28-19(10-13)26-17(11-20(28)30)12-32-24-27-22-21(14(2)15(3)33-22)23(31)29(24)18-6-4-16(25)5-7-18/h4-11H,12H2,1-3H3. The van der Waals surface area contributed by atoms with Crippen molar-refractivity contribution in [2.75, 3.05) is 0 Å². The van der Waals surface area contributed by atoms with E-state index in [0.717, 1.165) is 16.0 Å². The number of hydrogen-bond donors (Lipinski definition) is 0. The van der Waals surface area contributed by atoms with E-state index in [2.05, 4.69) is 4.98 Å². The number of benzene rings is 1. The number of thiophene rings is 1. The van der Waals surface area contributed by atoms with Gasteiger partial charge in [0.2, 0.25) is 0 Å². The van der Waals surface area contributed by atoms with E-state index < -0.39 is 0 Å². The first-order chi connectivity index (χ1) is 15.8. The molecule has 4 heterocycles. The summed E-state index contributed by atoms with van der Waals surface area (Å²) in [6, 6.07) is 12.4. The molecule has 0 saturated heterocycles. The van der Waals surface area contributed by atoms with Gasteiger partial charge >= 0.3 is 0 Å². The molecule has 0 saturated carbocycles. The van der Waals surface area contributed by atoms with Crippen molar-refractivity contribution < 1.29 is 0 Å². The van der Waals surface area contributed by atoms with Gasteiger partial charge in [-0.1, -0.05) is 23.4 Å². The summed E-state index contributed by atoms with van der Waals surface area (Å²) in [7, 11) is 0. The Bertz CT molecular complexity index is 1650. The summed E-state index contributed by atoms with van der Waals surface area (Å²) in [5, 5.41) is 1.77. The Balaban J connectivity index is 1.62. The first kappa shape index (κ1) is 21.9. The molecule has 5 aromatic rings. The molecule has 5 rings (SSSR count). The smallest absolute Gasteiger partial charge is 0.267 e. The molecule has 0 spiro atoms. The second-order valence-electron chi connectivity index (χ2n) is 7.78. The van der Waals surface area contributed by atoms with Gasteiger partial charge in [0.1, 0.15) is 10.5 Å². The number of thioether (sulfide) groups is 1. The van der Waals surface area contributed by atoms with E-state index in [1.54, 1.807) is 35.0 Å². The van der Waals surface area contributed by atoms with Crippen LogP contribution in [-0.4, -0.2) is 18.9 Å². The van der Waals surface area contributed by atoms with E-state index in [9.17, 15) is 9.59 Å². The van der Waals surface area contributed by atoms with E-state index in [1.165, 1.54) is 33.6 Å². The molecular weight excluding hydrogens is 476 g/mol. The van der Waals surface area contributed by atoms with Crippen LogP contribution in [0.15, 0.2) is 63.4 Å². The predicted octanol–water partition coefficient (Wildman–Crippen LogP) is 5.33. The minimum Gasteiger partial charge on any atom is -0.269 e. The molecule has 9 heteroatoms. The Morgan fingerprint density at radius 2 is 1.79 bits per heavy atom. The maximum absolute atomic E-state index is 13.6. The van der Waals surface area contributed by atoms with Crippen LogP contribution in [0.25, 0.3) is 21.6 Å². The SMILES string of the molecule is Cc1ccn2c(=O)cc(CSc3nc4sc(C)c(C)c4c(=O)n3-c3ccc(Cl)cc3)nc2c1. The monoisotopic (exact) mass is 494 g/mol. The maximum atomic E-state index is 13.6. The van der Waals surface area contributed by atoms with Crippen LogP contribution >= 0.6 is 34.7 Å². The average molecular weight is 495 g/mol. The molecular formula is C24H19ClN4O2S2. The first-order valence-corrected chi connectivity index (χ1v) is 12.4. The largest absolute Gasteiger partial charge is 0.269 e. The van der Waals surface area contributed by atoms with Gasteiger partial charge in [-0.15, -0.1) is 11.3 Å². The van der Waals surface area contributed by atoms with E-state index in [0.29, 0.717) is 43.2 Å². The molecule has 0 fully saturated rings. The highest BCUT2D eigenvalue weighted by atomic mass is 35.5. The van der Waals surface area contributed by atoms with Crippen molar-refractivity contribution in [2.45, 2.75) is 31.7 Å². The lowest BCUT2D eigenvalue weighted by atomic mass is 10.2. The zero-order chi connectivity index (χ0) is 23.3. The highest BCUT2D eigenvalue weighted by Crippen LogP contribution is 2.30. The molecule has 33 heavy (non-hydrogen) atoms. The molecule has 0 bridgehead atoms. The number of fused-ring (bicyclic) bond motifs is 2. The third-order valence-electron chi connectivity index (χ3n) is 5.48. The molecule has 0 N–H and O–H groups in total. The molecule has 0 amide bonds. The molecule has 0 radical (unpaired) electrons. The van der Waals surface area contributed by atoms with E-state index in [4.69, 9.17) is 16.6 Å². The average Bonchev–Trinajstić information content (AvgIpc) is 3.06. The van der Waals surface area contributed by atoms with Crippen molar-refractivity contribution in [1.82, 2.24) is 18.9 Å². The van der Waals surface area contributed by atoms with Crippen molar-refractivity contribution in [3.63, 3.8) is 0 Å². The minimum absolute atomic E-state index is 0.117. The zero-order valence-electron chi connectivity index (χ0n) is 18.1. The van der Waals surface area contributed by atoms with E-state index in [-0.39, 0.29) is 11.1 Å². The summed E-state index contributed by atoms with van der Waals surface area (Å²) in [4.78, 5) is 37.4. The normalized spacial score (nSPS) is 11.5. The molecule has 0 atom stereocenters. The maximum Gasteiger partial charge on any atom is 0.267 e. The minimum atomic E-state index is -0.140. The Labute approximate surface area is 202 Å². The van der Waals surface area contributed by atoms with Crippen LogP contribution < -0.4 is 11.1 Å². The van der Waals surface area contributed by atoms with Gasteiger partial charge in [0.05, 0.1) is 16.8 Å². The summed E-state index contributed by atoms with van der Waals surface area (Å²) in [5.41, 5.74) is 3.64. The number of rotatable bonds is 4. The van der Waals surface area contributed by atoms with Crippen molar-refractivity contribution in [2.24, 2.45) is 0 Å². The number of nitrogens with zero attached hydrogens (tertiary/aromatic N) is 4. The van der Waals surface area contributed by atoms with Gasteiger partial charge in [0.15, 0.2) is 5.16 Å². The summed E-state index contributed by atoms with van der Waals surface area (Å²) in [5.74, 6) is 0.397. The number of aryl methyl sites for hydroxylation is 3. The van der Waals surface area contributed by atoms with Crippen LogP contribution in [0.3, 0.4) is 0 Å². The molecule has 1 aromatic carbocycles. The summed E-state index contributed by atoms with van der Waals surface area (Å²) in [6.45, 7) is 5.90. The van der Waals surface area contributed by atoms with Gasteiger partial charge in [0.25, 0.3) is 11.1 Å². The second-order valence-corrected chi connectivity index (χ2v) is 10.4. The van der Waals surface area contributed by atoms with Crippen LogP contribution in [0, 0.1) is 20.8 Å². The first-order valence-electron chi connectivity index (χ1n) is 10.2. The van der Waals surface area contributed by atoms with Gasteiger partial charge in [-0.2, -0.15) is 0 Å². The molecule has 0 aliphatic carbocycles. The van der Waals surface area contributed by atoms with Crippen LogP contribution in [0.4, 0.5) is 0 Å². The highest BCUT2D eigenvalue weighted by molar-refractivity contribution is 7.98. The third-order valence-corrected chi connectivity index (χ3v) is 7.81. The molecule has 0 aliphatic rings. The lowest BCUT2D eigenvalue weighted by molar-refractivity contribution is 0.821. The lowest BCUT2D eigenvalue weighted by Gasteiger charge is -2.12. The van der Waals surface area contributed by atoms with Crippen molar-refractivity contribution in [3.8, 4) is 5.69 Å². The van der Waals surface area contributed by atoms with Gasteiger partial charge in [-0.05, 0) is 68.3 Å². The molecule has 0 aliphatic heterocycles. The molecule has 6 nitrogen and oxygen atoms in total. The van der Waals surface area contributed by atoms with Gasteiger partial charge in [0, 0.05) is 27.9 Å². The quantitative estimate of drug-likeness (QED) is 0.249. The highest BCUT2D eigenvalue weighted by Gasteiger charge is 2.18. The van der Waals surface area contributed by atoms with Crippen molar-refractivity contribution in [3.05, 3.63) is 96.1 Å². The lowest BCUT2D eigenvalue weighted by Crippen LogP contribution is -2.21. The third kappa shape index (κ3) is 3.99. The Morgan fingerprint density at radius 1 is 1.03 bits per heavy atom. The Morgan fingerprint density at radius 3 is 2.55 bits per heavy atom. The molecule has 0 unspecified atom stereocenters. The van der Waals surface area contributed by atoms with Crippen LogP contribution in [0.1, 0.15) is 21.7 Å². The Kier molecular flexibility index (Phi) is 5.60. The van der Waals surface area contributed by atoms with E-state index >= 15 is 0 Å². The number of pyridine rings is 1. The van der Waals surface area contributed by atoms with Crippen molar-refractivity contribution >= 4 is 50.6 Å². The van der Waals surface area contributed by atoms with Gasteiger partial charge in [-0.25, -0.2) is 9.97 Å². The second kappa shape index (κ2) is 8.44. The van der Waals surface area contributed by atoms with Crippen LogP contribution in [-0.2, 0) is 5.75 Å². The zero-order valence-corrected chi connectivity index (χ0v) is 20.5. The van der Waals surface area contributed by atoms with Crippen LogP contribution in [0.2, 0.25) is 5.02 Å². The topological polar surface area (TPSA) is 69.3 Å². The van der Waals surface area contributed by atoms with Crippen molar-refractivity contribution in [1.29, 1.82) is 0 Å². The van der Waals surface area contributed by atoms with E-state index in [1.807, 2.05) is 32.9 Å².